The van der Waals surface area contributed by atoms with Crippen LogP contribution in [-0.2, 0) is 18.6 Å². The van der Waals surface area contributed by atoms with Crippen molar-refractivity contribution in [2.45, 2.75) is 72.3 Å². The normalized spacial score (nSPS) is 16.1. The van der Waals surface area contributed by atoms with E-state index in [2.05, 4.69) is 0 Å². The Labute approximate surface area is 137 Å². The third kappa shape index (κ3) is 7.92. The van der Waals surface area contributed by atoms with E-state index in [1.807, 2.05) is 0 Å². The van der Waals surface area contributed by atoms with Gasteiger partial charge in [-0.3, -0.25) is 14.1 Å². The second kappa shape index (κ2) is 8.24. The van der Waals surface area contributed by atoms with Crippen molar-refractivity contribution in [1.82, 2.24) is 4.90 Å². The molecule has 0 aromatic rings. The lowest BCUT2D eigenvalue weighted by Crippen LogP contribution is -2.49. The Bertz CT molecular complexity index is 472. The minimum Gasteiger partial charge on any atom is -0.459 e. The van der Waals surface area contributed by atoms with Crippen LogP contribution in [0.15, 0.2) is 0 Å². The van der Waals surface area contributed by atoms with Gasteiger partial charge in [-0.2, -0.15) is 0 Å². The molecule has 2 atom stereocenters. The Kier molecular flexibility index (Phi) is 7.90. The smallest absolute Gasteiger partial charge is 0.416 e. The van der Waals surface area contributed by atoms with Crippen LogP contribution < -0.4 is 5.73 Å². The molecule has 0 aliphatic heterocycles. The first-order valence-corrected chi connectivity index (χ1v) is 9.06. The summed E-state index contributed by atoms with van der Waals surface area (Å²) in [5.41, 5.74) is 3.97. The summed E-state index contributed by atoms with van der Waals surface area (Å²) >= 11 is 0. The number of carbonyl (C=O) groups excluding carboxylic acids is 2. The average Bonchev–Trinajstić information content (AvgIpc) is 2.30. The van der Waals surface area contributed by atoms with E-state index in [4.69, 9.17) is 15.0 Å². The topological polar surface area (TPSA) is 119 Å². The van der Waals surface area contributed by atoms with Crippen LogP contribution >= 0.6 is 7.60 Å². The summed E-state index contributed by atoms with van der Waals surface area (Å²) in [6.07, 6.45) is -0.594. The molecule has 0 rings (SSSR count). The molecule has 0 heterocycles. The third-order valence-electron chi connectivity index (χ3n) is 2.57. The van der Waals surface area contributed by atoms with Gasteiger partial charge in [0.1, 0.15) is 11.6 Å². The van der Waals surface area contributed by atoms with Gasteiger partial charge in [0, 0.05) is 12.6 Å². The fourth-order valence-corrected chi connectivity index (χ4v) is 2.97. The maximum atomic E-state index is 12.3. The highest BCUT2D eigenvalue weighted by molar-refractivity contribution is 7.70. The number of amides is 1. The Balaban J connectivity index is 5.11. The van der Waals surface area contributed by atoms with E-state index in [-0.39, 0.29) is 6.54 Å². The highest BCUT2D eigenvalue weighted by Crippen LogP contribution is 2.46. The van der Waals surface area contributed by atoms with Gasteiger partial charge in [-0.15, -0.1) is 0 Å². The minimum absolute atomic E-state index is 0.239. The van der Waals surface area contributed by atoms with Gasteiger partial charge in [-0.05, 0) is 48.5 Å². The van der Waals surface area contributed by atoms with Gasteiger partial charge in [-0.25, -0.2) is 4.57 Å². The quantitative estimate of drug-likeness (QED) is 0.532. The van der Waals surface area contributed by atoms with Crippen LogP contribution in [-0.4, -0.2) is 51.7 Å². The van der Waals surface area contributed by atoms with Gasteiger partial charge in [0.2, 0.25) is 0 Å². The zero-order chi connectivity index (χ0) is 18.6. The number of esters is 1. The summed E-state index contributed by atoms with van der Waals surface area (Å²) in [6, 6.07) is -1.56. The van der Waals surface area contributed by atoms with E-state index in [1.165, 1.54) is 0 Å². The predicted molar refractivity (Wildman–Crippen MR) is 87.1 cm³/mol. The van der Waals surface area contributed by atoms with E-state index in [0.29, 0.717) is 0 Å². The van der Waals surface area contributed by atoms with Crippen LogP contribution in [0.5, 0.6) is 0 Å². The summed E-state index contributed by atoms with van der Waals surface area (Å²) < 4.78 is 22.0. The molecule has 0 spiro atoms. The molecule has 9 heteroatoms. The van der Waals surface area contributed by atoms with Crippen LogP contribution in [0.25, 0.3) is 0 Å². The maximum absolute atomic E-state index is 12.3. The molecule has 0 saturated carbocycles. The van der Waals surface area contributed by atoms with Gasteiger partial charge in [-0.1, -0.05) is 0 Å². The molecule has 0 bridgehead atoms. The zero-order valence-electron chi connectivity index (χ0n) is 14.9. The zero-order valence-corrected chi connectivity index (χ0v) is 15.8. The highest BCUT2D eigenvalue weighted by Gasteiger charge is 2.39. The first-order chi connectivity index (χ1) is 10.2. The number of nitrogens with two attached hydrogens (primary N) is 1. The Morgan fingerprint density at radius 3 is 2.04 bits per heavy atom. The Morgan fingerprint density at radius 1 is 1.22 bits per heavy atom. The summed E-state index contributed by atoms with van der Waals surface area (Å²) in [7, 11) is -4.50. The fourth-order valence-electron chi connectivity index (χ4n) is 1.67. The standard InChI is InChI=1S/C14H29N2O6P/c1-9(2)16(13(18)23(19,20)22-10(3)4)8-11(15)12(17)21-14(5,6)7/h9-11H,8,15H2,1-7H3,(H,19,20). The van der Waals surface area contributed by atoms with Gasteiger partial charge in [0.05, 0.1) is 6.10 Å². The first kappa shape index (κ1) is 22.1. The number of hydrogen-bond donors (Lipinski definition) is 2. The molecule has 0 aromatic carbocycles. The van der Waals surface area contributed by atoms with Gasteiger partial charge < -0.3 is 20.3 Å². The van der Waals surface area contributed by atoms with Crippen molar-refractivity contribution in [2.24, 2.45) is 5.73 Å². The first-order valence-electron chi connectivity index (χ1n) is 7.48. The molecule has 0 aromatic heterocycles. The number of nitrogens with zero attached hydrogens (tertiary/aromatic N) is 1. The SMILES string of the molecule is CC(C)OP(=O)(O)C(=O)N(CC(N)C(=O)OC(C)(C)C)C(C)C. The van der Waals surface area contributed by atoms with E-state index >= 15 is 0 Å². The van der Waals surface area contributed by atoms with Crippen LogP contribution in [0, 0.1) is 0 Å². The second-order valence-electron chi connectivity index (χ2n) is 6.84. The van der Waals surface area contributed by atoms with Crippen molar-refractivity contribution < 1.29 is 28.3 Å². The molecule has 3 N–H and O–H groups in total. The molecule has 0 aliphatic rings. The molecule has 23 heavy (non-hydrogen) atoms. The average molecular weight is 352 g/mol. The second-order valence-corrected chi connectivity index (χ2v) is 8.48. The third-order valence-corrected chi connectivity index (χ3v) is 4.02. The summed E-state index contributed by atoms with van der Waals surface area (Å²) in [4.78, 5) is 35.0. The Morgan fingerprint density at radius 2 is 1.70 bits per heavy atom. The number of rotatable bonds is 7. The number of ether oxygens (including phenoxy) is 1. The lowest BCUT2D eigenvalue weighted by atomic mass is 10.2. The molecular formula is C14H29N2O6P. The molecule has 0 aliphatic carbocycles. The van der Waals surface area contributed by atoms with E-state index in [1.54, 1.807) is 48.5 Å². The van der Waals surface area contributed by atoms with Crippen LogP contribution in [0.1, 0.15) is 48.5 Å². The van der Waals surface area contributed by atoms with Crippen LogP contribution in [0.3, 0.4) is 0 Å². The fraction of sp³-hybridized carbons (Fsp3) is 0.857. The minimum atomic E-state index is -4.50. The van der Waals surface area contributed by atoms with Crippen molar-refractivity contribution in [3.8, 4) is 0 Å². The molecule has 0 fully saturated rings. The highest BCUT2D eigenvalue weighted by atomic mass is 31.2. The molecule has 2 unspecified atom stereocenters. The molecule has 8 nitrogen and oxygen atoms in total. The van der Waals surface area contributed by atoms with E-state index < -0.39 is 43.0 Å². The lowest BCUT2D eigenvalue weighted by Gasteiger charge is -2.31. The molecule has 0 saturated heterocycles. The van der Waals surface area contributed by atoms with Crippen molar-refractivity contribution in [1.29, 1.82) is 0 Å². The van der Waals surface area contributed by atoms with E-state index in [0.717, 1.165) is 4.90 Å². The van der Waals surface area contributed by atoms with Crippen molar-refractivity contribution in [3.63, 3.8) is 0 Å². The largest absolute Gasteiger partial charge is 0.459 e. The van der Waals surface area contributed by atoms with Gasteiger partial charge in [0.25, 0.3) is 0 Å². The van der Waals surface area contributed by atoms with Crippen molar-refractivity contribution >= 4 is 19.2 Å². The number of carbonyl (C=O) groups is 2. The van der Waals surface area contributed by atoms with Gasteiger partial charge >= 0.3 is 19.2 Å². The van der Waals surface area contributed by atoms with Gasteiger partial charge in [0.15, 0.2) is 0 Å². The van der Waals surface area contributed by atoms with Crippen molar-refractivity contribution in [2.75, 3.05) is 6.54 Å². The lowest BCUT2D eigenvalue weighted by molar-refractivity contribution is -0.156. The van der Waals surface area contributed by atoms with Crippen LogP contribution in [0.4, 0.5) is 4.79 Å². The molecule has 0 radical (unpaired) electrons. The Hall–Kier alpha value is -0.950. The summed E-state index contributed by atoms with van der Waals surface area (Å²) in [5, 5.41) is 0. The number of hydrogen-bond acceptors (Lipinski definition) is 6. The maximum Gasteiger partial charge on any atom is 0.416 e. The predicted octanol–water partition coefficient (Wildman–Crippen LogP) is 2.10. The molecule has 136 valence electrons. The van der Waals surface area contributed by atoms with Crippen molar-refractivity contribution in [3.05, 3.63) is 0 Å². The molecule has 1 amide bonds. The van der Waals surface area contributed by atoms with E-state index in [9.17, 15) is 19.0 Å². The summed E-state index contributed by atoms with van der Waals surface area (Å²) in [5.74, 6) is -0.687. The monoisotopic (exact) mass is 352 g/mol. The summed E-state index contributed by atoms with van der Waals surface area (Å²) in [6.45, 7) is 11.2. The van der Waals surface area contributed by atoms with Crippen LogP contribution in [0.2, 0.25) is 0 Å². The molecular weight excluding hydrogens is 323 g/mol.